The number of alkyl halides is 7. The van der Waals surface area contributed by atoms with Crippen LogP contribution in [0.25, 0.3) is 10.8 Å². The Kier molecular flexibility index (Phi) is 4.32. The third-order valence-corrected chi connectivity index (χ3v) is 3.46. The van der Waals surface area contributed by atoms with E-state index in [-0.39, 0.29) is 5.56 Å². The van der Waals surface area contributed by atoms with Gasteiger partial charge in [0.15, 0.2) is 6.10 Å². The van der Waals surface area contributed by atoms with Crippen LogP contribution in [-0.4, -0.2) is 24.1 Å². The van der Waals surface area contributed by atoms with Crippen molar-refractivity contribution < 1.29 is 35.8 Å². The van der Waals surface area contributed by atoms with Crippen molar-refractivity contribution in [2.45, 2.75) is 30.5 Å². The second-order valence-electron chi connectivity index (χ2n) is 5.03. The molecule has 125 valence electrons. The molecule has 0 amide bonds. The van der Waals surface area contributed by atoms with Crippen LogP contribution in [0.1, 0.15) is 5.56 Å². The minimum atomic E-state index is -6.50. The zero-order chi connectivity index (χ0) is 17.5. The standard InChI is InChI=1S/C15H10F7O/c16-13(17,14(18,19)15(20,21)22)12(23)8-10-6-3-5-9-4-1-2-7-11(9)10/h1-7,12H,8H2. The summed E-state index contributed by atoms with van der Waals surface area (Å²) in [7, 11) is 0. The summed E-state index contributed by atoms with van der Waals surface area (Å²) in [5.41, 5.74) is -0.0132. The van der Waals surface area contributed by atoms with Crippen molar-refractivity contribution in [1.29, 1.82) is 0 Å². The molecule has 1 unspecified atom stereocenters. The molecule has 0 aliphatic rings. The summed E-state index contributed by atoms with van der Waals surface area (Å²) in [6.07, 6.45) is -11.1. The quantitative estimate of drug-likeness (QED) is 0.698. The maximum absolute atomic E-state index is 13.4. The minimum Gasteiger partial charge on any atom is -0.226 e. The summed E-state index contributed by atoms with van der Waals surface area (Å²) in [4.78, 5) is 0. The molecule has 2 aromatic carbocycles. The van der Waals surface area contributed by atoms with Gasteiger partial charge in [-0.3, -0.25) is 0 Å². The Balaban J connectivity index is 2.35. The van der Waals surface area contributed by atoms with Gasteiger partial charge in [-0.15, -0.1) is 0 Å². The van der Waals surface area contributed by atoms with E-state index in [9.17, 15) is 35.8 Å². The van der Waals surface area contributed by atoms with E-state index in [2.05, 4.69) is 0 Å². The number of hydrogen-bond acceptors (Lipinski definition) is 0. The second kappa shape index (κ2) is 5.67. The molecule has 0 fully saturated rings. The second-order valence-corrected chi connectivity index (χ2v) is 5.03. The molecule has 1 nitrogen and oxygen atoms in total. The number of benzene rings is 2. The average Bonchev–Trinajstić information content (AvgIpc) is 2.46. The average molecular weight is 339 g/mol. The Labute approximate surface area is 126 Å². The molecule has 1 radical (unpaired) electrons. The number of fused-ring (bicyclic) bond motifs is 1. The van der Waals surface area contributed by atoms with Gasteiger partial charge >= 0.3 is 18.0 Å². The molecule has 0 aliphatic carbocycles. The van der Waals surface area contributed by atoms with Gasteiger partial charge in [0.1, 0.15) is 0 Å². The summed E-state index contributed by atoms with van der Waals surface area (Å²) < 4.78 is 88.9. The minimum absolute atomic E-state index is 0.0132. The normalized spacial score (nSPS) is 15.0. The topological polar surface area (TPSA) is 19.9 Å². The summed E-state index contributed by atoms with van der Waals surface area (Å²) in [6, 6.07) is 10.5. The molecule has 0 N–H and O–H groups in total. The van der Waals surface area contributed by atoms with Gasteiger partial charge in [0.25, 0.3) is 0 Å². The highest BCUT2D eigenvalue weighted by atomic mass is 19.4. The highest BCUT2D eigenvalue weighted by Gasteiger charge is 2.75. The van der Waals surface area contributed by atoms with Crippen LogP contribution in [0, 0.1) is 0 Å². The van der Waals surface area contributed by atoms with E-state index < -0.39 is 30.5 Å². The molecule has 0 heterocycles. The fourth-order valence-corrected chi connectivity index (χ4v) is 2.19. The van der Waals surface area contributed by atoms with E-state index in [1.165, 1.54) is 24.3 Å². The van der Waals surface area contributed by atoms with Gasteiger partial charge in [0.05, 0.1) is 0 Å². The monoisotopic (exact) mass is 339 g/mol. The van der Waals surface area contributed by atoms with Crippen LogP contribution in [0.5, 0.6) is 0 Å². The van der Waals surface area contributed by atoms with Crippen molar-refractivity contribution in [2.24, 2.45) is 0 Å². The van der Waals surface area contributed by atoms with Crippen LogP contribution in [0.4, 0.5) is 30.7 Å². The van der Waals surface area contributed by atoms with Gasteiger partial charge in [-0.05, 0) is 16.3 Å². The Hall–Kier alpha value is -1.83. The van der Waals surface area contributed by atoms with Crippen molar-refractivity contribution in [2.75, 3.05) is 0 Å². The number of hydrogen-bond donors (Lipinski definition) is 0. The Morgan fingerprint density at radius 1 is 0.826 bits per heavy atom. The van der Waals surface area contributed by atoms with Crippen LogP contribution in [0.3, 0.4) is 0 Å². The highest BCUT2D eigenvalue weighted by Crippen LogP contribution is 2.48. The third-order valence-electron chi connectivity index (χ3n) is 3.46. The van der Waals surface area contributed by atoms with E-state index >= 15 is 0 Å². The van der Waals surface area contributed by atoms with Crippen molar-refractivity contribution >= 4 is 10.8 Å². The maximum Gasteiger partial charge on any atom is 0.459 e. The van der Waals surface area contributed by atoms with Crippen LogP contribution in [-0.2, 0) is 11.5 Å². The lowest BCUT2D eigenvalue weighted by Crippen LogP contribution is -2.57. The third kappa shape index (κ3) is 2.99. The van der Waals surface area contributed by atoms with Crippen molar-refractivity contribution in [3.05, 3.63) is 48.0 Å². The highest BCUT2D eigenvalue weighted by molar-refractivity contribution is 5.85. The molecule has 0 saturated heterocycles. The maximum atomic E-state index is 13.4. The molecule has 2 aromatic rings. The smallest absolute Gasteiger partial charge is 0.226 e. The molecule has 0 bridgehead atoms. The molecular formula is C15H10F7O. The molecule has 8 heteroatoms. The van der Waals surface area contributed by atoms with Gasteiger partial charge in [-0.2, -0.15) is 30.7 Å². The van der Waals surface area contributed by atoms with Crippen molar-refractivity contribution in [1.82, 2.24) is 0 Å². The lowest BCUT2D eigenvalue weighted by molar-refractivity contribution is -0.374. The largest absolute Gasteiger partial charge is 0.459 e. The van der Waals surface area contributed by atoms with Crippen LogP contribution < -0.4 is 0 Å². The Bertz CT molecular complexity index is 688. The Morgan fingerprint density at radius 2 is 1.39 bits per heavy atom. The lowest BCUT2D eigenvalue weighted by Gasteiger charge is -2.30. The summed E-state index contributed by atoms with van der Waals surface area (Å²) >= 11 is 0. The van der Waals surface area contributed by atoms with Crippen molar-refractivity contribution in [3.8, 4) is 0 Å². The van der Waals surface area contributed by atoms with E-state index in [1.54, 1.807) is 18.2 Å². The Morgan fingerprint density at radius 3 is 2.00 bits per heavy atom. The zero-order valence-corrected chi connectivity index (χ0v) is 11.4. The fraction of sp³-hybridized carbons (Fsp3) is 0.333. The first-order valence-corrected chi connectivity index (χ1v) is 6.43. The predicted octanol–water partition coefficient (Wildman–Crippen LogP) is 5.01. The first kappa shape index (κ1) is 17.5. The molecule has 0 aromatic heterocycles. The SMILES string of the molecule is [O]C(Cc1cccc2ccccc12)C(F)(F)C(F)(F)C(F)(F)F. The number of halogens is 7. The molecule has 0 spiro atoms. The van der Waals surface area contributed by atoms with Crippen LogP contribution in [0.15, 0.2) is 42.5 Å². The summed E-state index contributed by atoms with van der Waals surface area (Å²) in [5, 5.41) is 12.4. The molecular weight excluding hydrogens is 329 g/mol. The van der Waals surface area contributed by atoms with E-state index in [1.807, 2.05) is 0 Å². The first-order valence-electron chi connectivity index (χ1n) is 6.43. The molecule has 1 atom stereocenters. The number of rotatable bonds is 4. The van der Waals surface area contributed by atoms with E-state index in [0.29, 0.717) is 10.8 Å². The zero-order valence-electron chi connectivity index (χ0n) is 11.4. The first-order chi connectivity index (χ1) is 10.5. The molecule has 0 aliphatic heterocycles. The molecule has 0 saturated carbocycles. The molecule has 23 heavy (non-hydrogen) atoms. The summed E-state index contributed by atoms with van der Waals surface area (Å²) in [6.45, 7) is 0. The summed E-state index contributed by atoms with van der Waals surface area (Å²) in [5.74, 6) is -12.2. The predicted molar refractivity (Wildman–Crippen MR) is 68.1 cm³/mol. The van der Waals surface area contributed by atoms with Gasteiger partial charge in [-0.1, -0.05) is 42.5 Å². The lowest BCUT2D eigenvalue weighted by atomic mass is 9.95. The van der Waals surface area contributed by atoms with Crippen LogP contribution in [0.2, 0.25) is 0 Å². The van der Waals surface area contributed by atoms with Gasteiger partial charge in [0.2, 0.25) is 0 Å². The van der Waals surface area contributed by atoms with Gasteiger partial charge in [-0.25, -0.2) is 5.11 Å². The van der Waals surface area contributed by atoms with E-state index in [4.69, 9.17) is 0 Å². The van der Waals surface area contributed by atoms with Gasteiger partial charge < -0.3 is 0 Å². The molecule has 2 rings (SSSR count). The van der Waals surface area contributed by atoms with Crippen LogP contribution >= 0.6 is 0 Å². The fourth-order valence-electron chi connectivity index (χ4n) is 2.19. The van der Waals surface area contributed by atoms with Gasteiger partial charge in [0, 0.05) is 6.42 Å². The van der Waals surface area contributed by atoms with Crippen molar-refractivity contribution in [3.63, 3.8) is 0 Å². The van der Waals surface area contributed by atoms with E-state index in [0.717, 1.165) is 0 Å².